The monoisotopic (exact) mass is 380 g/mol. The first-order chi connectivity index (χ1) is 13.1. The summed E-state index contributed by atoms with van der Waals surface area (Å²) in [6.07, 6.45) is 6.32. The summed E-state index contributed by atoms with van der Waals surface area (Å²) in [5.74, 6) is 0.751. The predicted molar refractivity (Wildman–Crippen MR) is 108 cm³/mol. The Bertz CT molecular complexity index is 968. The number of amides is 1. The van der Waals surface area contributed by atoms with E-state index in [-0.39, 0.29) is 6.04 Å². The number of primary amides is 1. The van der Waals surface area contributed by atoms with Gasteiger partial charge in [-0.2, -0.15) is 0 Å². The van der Waals surface area contributed by atoms with Crippen LogP contribution in [0.1, 0.15) is 47.6 Å². The number of halogens is 1. The first-order valence-corrected chi connectivity index (χ1v) is 9.57. The average molecular weight is 381 g/mol. The molecule has 1 aliphatic rings. The quantitative estimate of drug-likeness (QED) is 0.670. The molecule has 1 heterocycles. The van der Waals surface area contributed by atoms with Gasteiger partial charge in [0.05, 0.1) is 17.1 Å². The van der Waals surface area contributed by atoms with E-state index in [0.717, 1.165) is 16.2 Å². The zero-order valence-electron chi connectivity index (χ0n) is 14.9. The molecule has 1 aromatic heterocycles. The third-order valence-electron chi connectivity index (χ3n) is 5.32. The second kappa shape index (κ2) is 7.53. The molecule has 6 heteroatoms. The van der Waals surface area contributed by atoms with Crippen LogP contribution < -0.4 is 11.1 Å². The van der Waals surface area contributed by atoms with Crippen molar-refractivity contribution in [1.82, 2.24) is 9.97 Å². The molecule has 5 nitrogen and oxygen atoms in total. The van der Waals surface area contributed by atoms with Crippen LogP contribution in [-0.2, 0) is 0 Å². The van der Waals surface area contributed by atoms with Gasteiger partial charge < -0.3 is 11.1 Å². The van der Waals surface area contributed by atoms with Gasteiger partial charge in [0.1, 0.15) is 12.1 Å². The topological polar surface area (TPSA) is 80.9 Å². The van der Waals surface area contributed by atoms with Gasteiger partial charge in [0.15, 0.2) is 0 Å². The molecule has 1 saturated carbocycles. The number of aromatic nitrogens is 2. The minimum absolute atomic E-state index is 0.125. The molecule has 3 aromatic rings. The maximum atomic E-state index is 11.7. The Morgan fingerprint density at radius 3 is 2.56 bits per heavy atom. The van der Waals surface area contributed by atoms with Crippen LogP contribution in [0.5, 0.6) is 0 Å². The Kier molecular flexibility index (Phi) is 4.94. The van der Waals surface area contributed by atoms with Gasteiger partial charge in [0.25, 0.3) is 5.91 Å². The van der Waals surface area contributed by atoms with Crippen molar-refractivity contribution in [2.75, 3.05) is 5.32 Å². The third-order valence-corrected chi connectivity index (χ3v) is 5.57. The lowest BCUT2D eigenvalue weighted by Crippen LogP contribution is -2.20. The normalized spacial score (nSPS) is 15.7. The number of hydrogen-bond acceptors (Lipinski definition) is 4. The van der Waals surface area contributed by atoms with Crippen LogP contribution in [0.2, 0.25) is 5.02 Å². The van der Waals surface area contributed by atoms with E-state index >= 15 is 0 Å². The molecule has 0 radical (unpaired) electrons. The summed E-state index contributed by atoms with van der Waals surface area (Å²) >= 11 is 6.08. The Labute approximate surface area is 163 Å². The van der Waals surface area contributed by atoms with Crippen LogP contribution in [0.3, 0.4) is 0 Å². The summed E-state index contributed by atoms with van der Waals surface area (Å²) in [6.45, 7) is 0. The van der Waals surface area contributed by atoms with Gasteiger partial charge >= 0.3 is 0 Å². The Hall–Kier alpha value is -2.66. The number of anilines is 1. The van der Waals surface area contributed by atoms with E-state index in [2.05, 4.69) is 27.4 Å². The summed E-state index contributed by atoms with van der Waals surface area (Å²) in [7, 11) is 0. The zero-order chi connectivity index (χ0) is 18.8. The highest BCUT2D eigenvalue weighted by Gasteiger charge is 2.27. The van der Waals surface area contributed by atoms with Crippen LogP contribution in [0.25, 0.3) is 10.9 Å². The largest absolute Gasteiger partial charge is 0.366 e. The fourth-order valence-electron chi connectivity index (χ4n) is 3.98. The van der Waals surface area contributed by atoms with Crippen molar-refractivity contribution in [2.24, 2.45) is 11.7 Å². The van der Waals surface area contributed by atoms with Crippen LogP contribution in [0, 0.1) is 5.92 Å². The molecule has 0 unspecified atom stereocenters. The lowest BCUT2D eigenvalue weighted by atomic mass is 9.91. The Morgan fingerprint density at radius 1 is 1.11 bits per heavy atom. The zero-order valence-corrected chi connectivity index (χ0v) is 15.6. The number of para-hydroxylation sites is 1. The second-order valence-corrected chi connectivity index (χ2v) is 7.44. The molecule has 4 rings (SSSR count). The predicted octanol–water partition coefficient (Wildman–Crippen LogP) is 4.73. The molecule has 3 N–H and O–H groups in total. The molecule has 0 saturated heterocycles. The highest BCUT2D eigenvalue weighted by atomic mass is 35.5. The molecular weight excluding hydrogens is 360 g/mol. The molecule has 0 spiro atoms. The van der Waals surface area contributed by atoms with E-state index in [1.165, 1.54) is 37.6 Å². The van der Waals surface area contributed by atoms with Gasteiger partial charge in [-0.3, -0.25) is 4.79 Å². The molecule has 0 bridgehead atoms. The van der Waals surface area contributed by atoms with Gasteiger partial charge in [-0.05, 0) is 48.6 Å². The summed E-state index contributed by atoms with van der Waals surface area (Å²) < 4.78 is 0. The Balaban J connectivity index is 1.76. The minimum atomic E-state index is -0.490. The molecule has 2 aromatic carbocycles. The third kappa shape index (κ3) is 3.60. The highest BCUT2D eigenvalue weighted by molar-refractivity contribution is 6.30. The molecule has 0 aliphatic heterocycles. The van der Waals surface area contributed by atoms with E-state index in [1.54, 1.807) is 6.07 Å². The van der Waals surface area contributed by atoms with E-state index in [9.17, 15) is 4.79 Å². The van der Waals surface area contributed by atoms with Crippen molar-refractivity contribution in [3.05, 3.63) is 64.9 Å². The number of carbonyl (C=O) groups is 1. The molecule has 138 valence electrons. The van der Waals surface area contributed by atoms with Gasteiger partial charge in [0, 0.05) is 10.4 Å². The van der Waals surface area contributed by atoms with Crippen LogP contribution in [-0.4, -0.2) is 15.9 Å². The number of nitrogens with one attached hydrogen (secondary N) is 1. The standard InChI is InChI=1S/C21H21ClN4O/c22-15-10-8-14(9-11-15)18(13-4-1-2-5-13)26-21-17-7-3-6-16(20(23)27)19(17)24-12-25-21/h3,6-13,18H,1-2,4-5H2,(H2,23,27)(H,24,25,26)/t18-/m1/s1. The van der Waals surface area contributed by atoms with Crippen LogP contribution in [0.15, 0.2) is 48.8 Å². The van der Waals surface area contributed by atoms with Crippen molar-refractivity contribution >= 4 is 34.2 Å². The first-order valence-electron chi connectivity index (χ1n) is 9.19. The van der Waals surface area contributed by atoms with E-state index in [1.807, 2.05) is 24.3 Å². The number of hydrogen-bond donors (Lipinski definition) is 2. The number of nitrogens with two attached hydrogens (primary N) is 1. The van der Waals surface area contributed by atoms with E-state index in [4.69, 9.17) is 17.3 Å². The van der Waals surface area contributed by atoms with Crippen molar-refractivity contribution in [1.29, 1.82) is 0 Å². The van der Waals surface area contributed by atoms with Gasteiger partial charge in [-0.25, -0.2) is 9.97 Å². The summed E-state index contributed by atoms with van der Waals surface area (Å²) in [4.78, 5) is 20.5. The van der Waals surface area contributed by atoms with Crippen molar-refractivity contribution in [3.63, 3.8) is 0 Å². The number of benzene rings is 2. The number of nitrogens with zero attached hydrogens (tertiary/aromatic N) is 2. The molecule has 27 heavy (non-hydrogen) atoms. The average Bonchev–Trinajstić information content (AvgIpc) is 3.21. The number of fused-ring (bicyclic) bond motifs is 1. The summed E-state index contributed by atoms with van der Waals surface area (Å²) in [5, 5.41) is 5.14. The van der Waals surface area contributed by atoms with Crippen molar-refractivity contribution in [3.8, 4) is 0 Å². The lowest BCUT2D eigenvalue weighted by molar-refractivity contribution is 0.100. The molecular formula is C21H21ClN4O. The molecule has 1 aliphatic carbocycles. The van der Waals surface area contributed by atoms with Crippen molar-refractivity contribution < 1.29 is 4.79 Å². The number of carbonyl (C=O) groups excluding carboxylic acids is 1. The van der Waals surface area contributed by atoms with Crippen LogP contribution >= 0.6 is 11.6 Å². The maximum absolute atomic E-state index is 11.7. The fourth-order valence-corrected chi connectivity index (χ4v) is 4.11. The van der Waals surface area contributed by atoms with E-state index in [0.29, 0.717) is 17.0 Å². The molecule has 1 atom stereocenters. The summed E-state index contributed by atoms with van der Waals surface area (Å²) in [6, 6.07) is 13.5. The summed E-state index contributed by atoms with van der Waals surface area (Å²) in [5.41, 5.74) is 7.67. The second-order valence-electron chi connectivity index (χ2n) is 7.01. The fraction of sp³-hybridized carbons (Fsp3) is 0.286. The smallest absolute Gasteiger partial charge is 0.250 e. The molecule has 1 fully saturated rings. The van der Waals surface area contributed by atoms with Crippen LogP contribution in [0.4, 0.5) is 5.82 Å². The van der Waals surface area contributed by atoms with Crippen molar-refractivity contribution in [2.45, 2.75) is 31.7 Å². The Morgan fingerprint density at radius 2 is 1.85 bits per heavy atom. The number of rotatable bonds is 5. The van der Waals surface area contributed by atoms with E-state index < -0.39 is 5.91 Å². The first kappa shape index (κ1) is 17.7. The van der Waals surface area contributed by atoms with Gasteiger partial charge in [-0.1, -0.05) is 42.6 Å². The molecule has 1 amide bonds. The SMILES string of the molecule is NC(=O)c1cccc2c(N[C@@H](c3ccc(Cl)cc3)C3CCCC3)ncnc12. The lowest BCUT2D eigenvalue weighted by Gasteiger charge is -2.26. The van der Waals surface area contributed by atoms with Gasteiger partial charge in [0.2, 0.25) is 0 Å². The highest BCUT2D eigenvalue weighted by Crippen LogP contribution is 2.39. The van der Waals surface area contributed by atoms with Gasteiger partial charge in [-0.15, -0.1) is 0 Å². The maximum Gasteiger partial charge on any atom is 0.250 e. The minimum Gasteiger partial charge on any atom is -0.366 e.